The molecule has 2 aliphatic heterocycles. The molecule has 0 bridgehead atoms. The molecule has 1 aromatic carbocycles. The van der Waals surface area contributed by atoms with Gasteiger partial charge in [0.25, 0.3) is 5.91 Å². The minimum Gasteiger partial charge on any atom is -0.508 e. The van der Waals surface area contributed by atoms with Crippen molar-refractivity contribution in [2.45, 2.75) is 50.3 Å². The van der Waals surface area contributed by atoms with Gasteiger partial charge < -0.3 is 31.1 Å². The monoisotopic (exact) mass is 566 g/mol. The highest BCUT2D eigenvalue weighted by molar-refractivity contribution is 6.24. The second-order valence-electron chi connectivity index (χ2n) is 12.6. The number of benzene rings is 1. The first-order valence-corrected chi connectivity index (χ1v) is 14.3. The van der Waals surface area contributed by atoms with Gasteiger partial charge in [-0.3, -0.25) is 24.2 Å². The van der Waals surface area contributed by atoms with Crippen molar-refractivity contribution in [1.82, 2.24) is 9.80 Å². The van der Waals surface area contributed by atoms with Gasteiger partial charge in [-0.25, -0.2) is 0 Å². The van der Waals surface area contributed by atoms with Gasteiger partial charge in [0.2, 0.25) is 5.78 Å². The van der Waals surface area contributed by atoms with Gasteiger partial charge in [-0.1, -0.05) is 6.92 Å². The van der Waals surface area contributed by atoms with E-state index in [0.717, 1.165) is 49.3 Å². The van der Waals surface area contributed by atoms with Gasteiger partial charge in [-0.05, 0) is 81.9 Å². The molecule has 1 saturated heterocycles. The van der Waals surface area contributed by atoms with E-state index in [9.17, 15) is 34.8 Å². The number of nitrogens with zero attached hydrogens (tertiary/aromatic N) is 3. The SMILES string of the molecule is CCCN1CCC2CN(C)c3c(cc(O)c4c3C[C@@H]3C[C@@H]5[C@@H](N(C)C)C(=O)C(C(N)=O)=C(O)[C@@]5(O)C(=O)C3=C4O)C21. The first kappa shape index (κ1) is 27.7. The molecule has 0 spiro atoms. The Morgan fingerprint density at radius 3 is 2.56 bits per heavy atom. The molecule has 6 N–H and O–H groups in total. The number of aliphatic hydroxyl groups excluding tert-OH is 2. The molecule has 220 valence electrons. The fourth-order valence-corrected chi connectivity index (χ4v) is 8.56. The zero-order valence-electron chi connectivity index (χ0n) is 23.8. The number of aliphatic hydroxyl groups is 3. The van der Waals surface area contributed by atoms with Gasteiger partial charge in [0.05, 0.1) is 11.6 Å². The number of aromatic hydroxyl groups is 1. The zero-order valence-corrected chi connectivity index (χ0v) is 23.8. The summed E-state index contributed by atoms with van der Waals surface area (Å²) in [5.41, 5.74) is 4.64. The van der Waals surface area contributed by atoms with Crippen molar-refractivity contribution in [3.63, 3.8) is 0 Å². The van der Waals surface area contributed by atoms with Gasteiger partial charge in [0.1, 0.15) is 22.8 Å². The fourth-order valence-electron chi connectivity index (χ4n) is 8.56. The maximum Gasteiger partial charge on any atom is 0.255 e. The van der Waals surface area contributed by atoms with Gasteiger partial charge >= 0.3 is 0 Å². The number of hydrogen-bond donors (Lipinski definition) is 5. The number of anilines is 1. The van der Waals surface area contributed by atoms with Gasteiger partial charge in [0, 0.05) is 36.8 Å². The first-order chi connectivity index (χ1) is 19.3. The lowest BCUT2D eigenvalue weighted by atomic mass is 9.57. The molecule has 2 unspecified atom stereocenters. The second-order valence-corrected chi connectivity index (χ2v) is 12.6. The van der Waals surface area contributed by atoms with E-state index in [0.29, 0.717) is 12.3 Å². The van der Waals surface area contributed by atoms with Crippen LogP contribution in [0.25, 0.3) is 5.76 Å². The molecule has 2 heterocycles. The first-order valence-electron chi connectivity index (χ1n) is 14.3. The smallest absolute Gasteiger partial charge is 0.255 e. The van der Waals surface area contributed by atoms with Crippen LogP contribution in [-0.4, -0.2) is 100 Å². The minimum atomic E-state index is -2.64. The van der Waals surface area contributed by atoms with Crippen molar-refractivity contribution in [2.75, 3.05) is 45.7 Å². The fraction of sp³-hybridized carbons (Fsp3) is 0.567. The Balaban J connectivity index is 1.54. The number of phenolic OH excluding ortho intramolecular Hbond substituents is 1. The highest BCUT2D eigenvalue weighted by Gasteiger charge is 2.64. The summed E-state index contributed by atoms with van der Waals surface area (Å²) in [7, 11) is 5.19. The molecule has 1 aromatic rings. The van der Waals surface area contributed by atoms with Gasteiger partial charge in [-0.15, -0.1) is 0 Å². The molecule has 1 saturated carbocycles. The number of hydrogen-bond acceptors (Lipinski definition) is 10. The largest absolute Gasteiger partial charge is 0.508 e. The number of ketones is 2. The lowest BCUT2D eigenvalue weighted by molar-refractivity contribution is -0.153. The van der Waals surface area contributed by atoms with Crippen molar-refractivity contribution < 1.29 is 34.8 Å². The Morgan fingerprint density at radius 1 is 1.22 bits per heavy atom. The average molecular weight is 567 g/mol. The second kappa shape index (κ2) is 9.30. The highest BCUT2D eigenvalue weighted by atomic mass is 16.3. The predicted octanol–water partition coefficient (Wildman–Crippen LogP) is 1.19. The van der Waals surface area contributed by atoms with E-state index in [-0.39, 0.29) is 29.3 Å². The van der Waals surface area contributed by atoms with E-state index in [4.69, 9.17) is 5.73 Å². The lowest BCUT2D eigenvalue weighted by Crippen LogP contribution is -2.65. The van der Waals surface area contributed by atoms with Crippen molar-refractivity contribution in [1.29, 1.82) is 0 Å². The number of fused-ring (bicyclic) bond motifs is 7. The summed E-state index contributed by atoms with van der Waals surface area (Å²) in [5.74, 6) is -5.94. The third kappa shape index (κ3) is 3.58. The van der Waals surface area contributed by atoms with Crippen LogP contribution < -0.4 is 10.6 Å². The van der Waals surface area contributed by atoms with Crippen LogP contribution in [0.5, 0.6) is 5.75 Å². The summed E-state index contributed by atoms with van der Waals surface area (Å²) in [4.78, 5) is 45.7. The molecule has 0 radical (unpaired) electrons. The number of rotatable bonds is 4. The van der Waals surface area contributed by atoms with Crippen molar-refractivity contribution in [3.05, 3.63) is 39.7 Å². The molecule has 11 heteroatoms. The number of phenols is 1. The molecule has 6 atom stereocenters. The topological polar surface area (TPSA) is 168 Å². The molecule has 11 nitrogen and oxygen atoms in total. The molecule has 2 fully saturated rings. The molecule has 3 aliphatic carbocycles. The van der Waals surface area contributed by atoms with Crippen LogP contribution in [0.3, 0.4) is 0 Å². The molecular formula is C30H38N4O7. The predicted molar refractivity (Wildman–Crippen MR) is 150 cm³/mol. The molecular weight excluding hydrogens is 528 g/mol. The molecule has 1 amide bonds. The number of carbonyl (C=O) groups is 3. The molecule has 6 rings (SSSR count). The van der Waals surface area contributed by atoms with Gasteiger partial charge in [0.15, 0.2) is 11.4 Å². The number of carbonyl (C=O) groups excluding carboxylic acids is 3. The number of nitrogens with two attached hydrogens (primary N) is 1. The number of likely N-dealkylation sites (N-methyl/N-ethyl adjacent to an activating group) is 1. The summed E-state index contributed by atoms with van der Waals surface area (Å²) in [6, 6.07) is 0.739. The van der Waals surface area contributed by atoms with E-state index >= 15 is 0 Å². The van der Waals surface area contributed by atoms with E-state index in [1.54, 1.807) is 20.2 Å². The Bertz CT molecular complexity index is 1450. The molecule has 0 aromatic heterocycles. The Labute approximate surface area is 238 Å². The van der Waals surface area contributed by atoms with Crippen LogP contribution in [0.2, 0.25) is 0 Å². The summed E-state index contributed by atoms with van der Waals surface area (Å²) in [6.07, 6.45) is 2.44. The van der Waals surface area contributed by atoms with Crippen LogP contribution in [0, 0.1) is 17.8 Å². The average Bonchev–Trinajstić information content (AvgIpc) is 3.28. The van der Waals surface area contributed by atoms with Gasteiger partial charge in [-0.2, -0.15) is 0 Å². The van der Waals surface area contributed by atoms with E-state index < -0.39 is 58.0 Å². The van der Waals surface area contributed by atoms with Crippen LogP contribution >= 0.6 is 0 Å². The third-order valence-electron chi connectivity index (χ3n) is 10.1. The Hall–Kier alpha value is -3.41. The number of primary amides is 1. The van der Waals surface area contributed by atoms with E-state index in [1.807, 2.05) is 7.05 Å². The van der Waals surface area contributed by atoms with Crippen LogP contribution in [0.1, 0.15) is 48.9 Å². The third-order valence-corrected chi connectivity index (χ3v) is 10.1. The summed E-state index contributed by atoms with van der Waals surface area (Å²) >= 11 is 0. The van der Waals surface area contributed by atoms with Crippen LogP contribution in [0.15, 0.2) is 23.0 Å². The zero-order chi connectivity index (χ0) is 29.7. The van der Waals surface area contributed by atoms with Crippen LogP contribution in [-0.2, 0) is 20.8 Å². The highest BCUT2D eigenvalue weighted by Crippen LogP contribution is 2.56. The maximum absolute atomic E-state index is 14.1. The summed E-state index contributed by atoms with van der Waals surface area (Å²) < 4.78 is 0. The summed E-state index contributed by atoms with van der Waals surface area (Å²) in [5, 5.41) is 45.7. The Kier molecular flexibility index (Phi) is 6.29. The van der Waals surface area contributed by atoms with Crippen molar-refractivity contribution >= 4 is 28.9 Å². The van der Waals surface area contributed by atoms with Crippen molar-refractivity contribution in [2.24, 2.45) is 23.5 Å². The van der Waals surface area contributed by atoms with Crippen LogP contribution in [0.4, 0.5) is 5.69 Å². The summed E-state index contributed by atoms with van der Waals surface area (Å²) in [6.45, 7) is 4.89. The standard InChI is InChI=1S/C30H38N4O7/c1-5-7-34-8-6-13-12-33(4)23-15-9-14-10-17-24(32(2)3)26(37)21(29(31)40)28(39)30(17,41)27(38)19(14)25(36)20(15)18(35)11-16(23)22(13)34/h11,13-14,17,22,24,35-36,39,41H,5-10,12H2,1-4H3,(H2,31,40)/t13?,14-,17-,22?,24-,30+/m1/s1. The number of Topliss-reactive ketones (excluding diaryl/α,β-unsaturated/α-hetero) is 2. The lowest BCUT2D eigenvalue weighted by Gasteiger charge is -2.50. The van der Waals surface area contributed by atoms with Crippen molar-refractivity contribution in [3.8, 4) is 5.75 Å². The minimum absolute atomic E-state index is 0.0773. The maximum atomic E-state index is 14.1. The molecule has 41 heavy (non-hydrogen) atoms. The number of amides is 1. The quantitative estimate of drug-likeness (QED) is 0.334. The normalized spacial score (nSPS) is 33.0. The Morgan fingerprint density at radius 2 is 1.93 bits per heavy atom. The van der Waals surface area contributed by atoms with E-state index in [2.05, 4.69) is 16.7 Å². The molecule has 5 aliphatic rings. The van der Waals surface area contributed by atoms with E-state index in [1.165, 1.54) is 4.90 Å². The number of likely N-dealkylation sites (tertiary alicyclic amines) is 1.